The molecule has 4 aromatic rings. The van der Waals surface area contributed by atoms with Crippen molar-refractivity contribution in [1.29, 1.82) is 0 Å². The number of nitrogens with one attached hydrogen (secondary N) is 1. The third kappa shape index (κ3) is 3.11. The molecule has 0 spiro atoms. The fourth-order valence-corrected chi connectivity index (χ4v) is 4.71. The van der Waals surface area contributed by atoms with Gasteiger partial charge in [-0.05, 0) is 38.9 Å². The van der Waals surface area contributed by atoms with Gasteiger partial charge in [-0.25, -0.2) is 18.9 Å². The van der Waals surface area contributed by atoms with Gasteiger partial charge in [0.2, 0.25) is 0 Å². The van der Waals surface area contributed by atoms with Gasteiger partial charge < -0.3 is 10.3 Å². The topological polar surface area (TPSA) is 97.2 Å². The van der Waals surface area contributed by atoms with Crippen LogP contribution in [0.5, 0.6) is 0 Å². The van der Waals surface area contributed by atoms with Gasteiger partial charge >= 0.3 is 0 Å². The van der Waals surface area contributed by atoms with Crippen molar-refractivity contribution >= 4 is 22.6 Å². The molecule has 5 rings (SSSR count). The average Bonchev–Trinajstić information content (AvgIpc) is 3.38. The van der Waals surface area contributed by atoms with Gasteiger partial charge in [-0.3, -0.25) is 14.8 Å². The van der Waals surface area contributed by atoms with E-state index in [4.69, 9.17) is 5.73 Å². The number of carbonyl (C=O) groups is 1. The van der Waals surface area contributed by atoms with Gasteiger partial charge in [-0.2, -0.15) is 0 Å². The minimum Gasteiger partial charge on any atom is -0.366 e. The maximum atomic E-state index is 14.0. The summed E-state index contributed by atoms with van der Waals surface area (Å²) in [6.45, 7) is 7.05. The maximum Gasteiger partial charge on any atom is 0.251 e. The number of hydrogen-bond donors (Lipinski definition) is 2. The molecule has 0 unspecified atom stereocenters. The van der Waals surface area contributed by atoms with Crippen LogP contribution in [0.2, 0.25) is 0 Å². The summed E-state index contributed by atoms with van der Waals surface area (Å²) >= 11 is 0. The van der Waals surface area contributed by atoms with Gasteiger partial charge in [-0.1, -0.05) is 6.92 Å². The molecule has 31 heavy (non-hydrogen) atoms. The lowest BCUT2D eigenvalue weighted by Crippen LogP contribution is -2.40. The van der Waals surface area contributed by atoms with E-state index in [0.717, 1.165) is 49.5 Å². The Morgan fingerprint density at radius 3 is 2.71 bits per heavy atom. The molecular formula is C22H26FN7O. The summed E-state index contributed by atoms with van der Waals surface area (Å²) < 4.78 is 17.9. The maximum absolute atomic E-state index is 14.0. The SMILES string of the molecule is Cc1ncc(CN2CCC(C)(c3c[nH]n4c3nc3cc(F)cc(C(N)=O)c34)CC2)n1C. The molecule has 0 atom stereocenters. The number of fused-ring (bicyclic) bond motifs is 3. The monoisotopic (exact) mass is 423 g/mol. The molecule has 1 aliphatic rings. The summed E-state index contributed by atoms with van der Waals surface area (Å²) in [6.07, 6.45) is 5.84. The molecule has 0 aliphatic carbocycles. The van der Waals surface area contributed by atoms with Crippen molar-refractivity contribution < 1.29 is 9.18 Å². The third-order valence-electron chi connectivity index (χ3n) is 6.87. The standard InChI is InChI=1S/C22H26FN7O/c1-13-25-10-15(28(13)3)12-29-6-4-22(2,5-7-29)17-11-26-30-19-16(20(24)31)8-14(23)9-18(19)27-21(17)30/h8-11,26H,4-7,12H2,1-3H3,(H2,24,31). The van der Waals surface area contributed by atoms with Crippen molar-refractivity contribution in [2.45, 2.75) is 38.6 Å². The zero-order chi connectivity index (χ0) is 21.9. The molecule has 162 valence electrons. The van der Waals surface area contributed by atoms with E-state index in [1.54, 1.807) is 4.52 Å². The number of primary amides is 1. The number of likely N-dealkylation sites (tertiary alicyclic amines) is 1. The van der Waals surface area contributed by atoms with E-state index in [-0.39, 0.29) is 11.0 Å². The van der Waals surface area contributed by atoms with Crippen LogP contribution in [0.25, 0.3) is 16.7 Å². The van der Waals surface area contributed by atoms with Crippen molar-refractivity contribution in [3.8, 4) is 0 Å². The number of nitrogens with zero attached hydrogens (tertiary/aromatic N) is 5. The van der Waals surface area contributed by atoms with Crippen molar-refractivity contribution in [2.24, 2.45) is 12.8 Å². The van der Waals surface area contributed by atoms with Crippen LogP contribution < -0.4 is 5.73 Å². The zero-order valence-electron chi connectivity index (χ0n) is 17.9. The Balaban J connectivity index is 1.45. The minimum atomic E-state index is -0.674. The molecule has 0 saturated carbocycles. The first kappa shape index (κ1) is 19.7. The summed E-state index contributed by atoms with van der Waals surface area (Å²) in [5.41, 5.74) is 9.50. The molecular weight excluding hydrogens is 397 g/mol. The summed E-state index contributed by atoms with van der Waals surface area (Å²) in [4.78, 5) is 23.4. The molecule has 1 aliphatic heterocycles. The number of aromatic nitrogens is 5. The lowest BCUT2D eigenvalue weighted by atomic mass is 9.75. The van der Waals surface area contributed by atoms with Crippen LogP contribution in [0.3, 0.4) is 0 Å². The van der Waals surface area contributed by atoms with Crippen molar-refractivity contribution in [2.75, 3.05) is 13.1 Å². The number of hydrogen-bond acceptors (Lipinski definition) is 4. The minimum absolute atomic E-state index is 0.0765. The van der Waals surface area contributed by atoms with Crippen molar-refractivity contribution in [1.82, 2.24) is 29.0 Å². The Bertz CT molecular complexity index is 1310. The number of benzene rings is 1. The molecule has 4 heterocycles. The number of amides is 1. The van der Waals surface area contributed by atoms with Gasteiger partial charge in [0, 0.05) is 43.0 Å². The fourth-order valence-electron chi connectivity index (χ4n) is 4.71. The molecule has 1 amide bonds. The zero-order valence-corrected chi connectivity index (χ0v) is 17.9. The molecule has 9 heteroatoms. The van der Waals surface area contributed by atoms with E-state index in [1.807, 2.05) is 19.3 Å². The second-order valence-corrected chi connectivity index (χ2v) is 8.84. The third-order valence-corrected chi connectivity index (χ3v) is 6.87. The summed E-state index contributed by atoms with van der Waals surface area (Å²) in [6, 6.07) is 2.51. The molecule has 0 radical (unpaired) electrons. The van der Waals surface area contributed by atoms with Gasteiger partial charge in [0.1, 0.15) is 17.2 Å². The number of piperidine rings is 1. The Hall–Kier alpha value is -3.20. The summed E-state index contributed by atoms with van der Waals surface area (Å²) in [5.74, 6) is -0.175. The highest BCUT2D eigenvalue weighted by Crippen LogP contribution is 2.38. The largest absolute Gasteiger partial charge is 0.366 e. The Labute approximate surface area is 178 Å². The predicted molar refractivity (Wildman–Crippen MR) is 115 cm³/mol. The molecule has 1 fully saturated rings. The van der Waals surface area contributed by atoms with Crippen molar-refractivity contribution in [3.05, 3.63) is 53.0 Å². The van der Waals surface area contributed by atoms with E-state index in [1.165, 1.54) is 17.8 Å². The van der Waals surface area contributed by atoms with Crippen LogP contribution in [-0.2, 0) is 19.0 Å². The highest BCUT2D eigenvalue weighted by Gasteiger charge is 2.35. The highest BCUT2D eigenvalue weighted by molar-refractivity contribution is 6.05. The molecule has 3 N–H and O–H groups in total. The Morgan fingerprint density at radius 1 is 1.32 bits per heavy atom. The summed E-state index contributed by atoms with van der Waals surface area (Å²) in [5, 5.41) is 3.21. The van der Waals surface area contributed by atoms with Crippen LogP contribution >= 0.6 is 0 Å². The smallest absolute Gasteiger partial charge is 0.251 e. The van der Waals surface area contributed by atoms with Gasteiger partial charge in [0.05, 0.1) is 16.8 Å². The number of aromatic amines is 1. The Kier molecular flexibility index (Phi) is 4.40. The fraction of sp³-hybridized carbons (Fsp3) is 0.409. The number of nitrogens with two attached hydrogens (primary N) is 1. The second-order valence-electron chi connectivity index (χ2n) is 8.84. The molecule has 3 aromatic heterocycles. The first-order valence-electron chi connectivity index (χ1n) is 10.5. The number of carbonyl (C=O) groups excluding carboxylic acids is 1. The quantitative estimate of drug-likeness (QED) is 0.527. The van der Waals surface area contributed by atoms with E-state index in [0.29, 0.717) is 11.0 Å². The number of halogens is 1. The van der Waals surface area contributed by atoms with Gasteiger partial charge in [-0.15, -0.1) is 0 Å². The lowest BCUT2D eigenvalue weighted by Gasteiger charge is -2.39. The van der Waals surface area contributed by atoms with E-state index >= 15 is 0 Å². The number of rotatable bonds is 4. The predicted octanol–water partition coefficient (Wildman–Crippen LogP) is 2.65. The van der Waals surface area contributed by atoms with Crippen LogP contribution in [0, 0.1) is 12.7 Å². The number of aryl methyl sites for hydroxylation is 1. The van der Waals surface area contributed by atoms with Gasteiger partial charge in [0.15, 0.2) is 5.65 Å². The average molecular weight is 423 g/mol. The van der Waals surface area contributed by atoms with Crippen LogP contribution in [0.1, 0.15) is 47.2 Å². The number of H-pyrrole nitrogens is 1. The molecule has 1 saturated heterocycles. The normalized spacial score (nSPS) is 17.0. The van der Waals surface area contributed by atoms with Crippen LogP contribution in [-0.4, -0.2) is 48.0 Å². The van der Waals surface area contributed by atoms with E-state index in [9.17, 15) is 9.18 Å². The van der Waals surface area contributed by atoms with E-state index in [2.05, 4.69) is 38.5 Å². The first-order valence-corrected chi connectivity index (χ1v) is 10.5. The van der Waals surface area contributed by atoms with Gasteiger partial charge in [0.25, 0.3) is 5.91 Å². The molecule has 0 bridgehead atoms. The number of imidazole rings is 2. The van der Waals surface area contributed by atoms with Crippen LogP contribution in [0.15, 0.2) is 24.5 Å². The second kappa shape index (κ2) is 6.91. The van der Waals surface area contributed by atoms with Crippen LogP contribution in [0.4, 0.5) is 4.39 Å². The molecule has 8 nitrogen and oxygen atoms in total. The van der Waals surface area contributed by atoms with Crippen molar-refractivity contribution in [3.63, 3.8) is 0 Å². The summed E-state index contributed by atoms with van der Waals surface area (Å²) in [7, 11) is 2.05. The molecule has 1 aromatic carbocycles. The first-order chi connectivity index (χ1) is 14.8. The highest BCUT2D eigenvalue weighted by atomic mass is 19.1. The Morgan fingerprint density at radius 2 is 2.06 bits per heavy atom. The van der Waals surface area contributed by atoms with E-state index < -0.39 is 11.7 Å². The lowest BCUT2D eigenvalue weighted by molar-refractivity contribution is 0.100.